The summed E-state index contributed by atoms with van der Waals surface area (Å²) in [7, 11) is -36.0. The van der Waals surface area contributed by atoms with Crippen LogP contribution in [0.25, 0.3) is 0 Å². The fourth-order valence-electron chi connectivity index (χ4n) is 3.40. The van der Waals surface area contributed by atoms with E-state index in [1.165, 1.54) is 77.8 Å². The molecule has 35 heteroatoms. The summed E-state index contributed by atoms with van der Waals surface area (Å²) in [4.78, 5) is 0. The lowest BCUT2D eigenvalue weighted by atomic mass is 10.3. The van der Waals surface area contributed by atoms with Crippen LogP contribution in [0.5, 0.6) is 0 Å². The van der Waals surface area contributed by atoms with Crippen LogP contribution in [0, 0.1) is 0 Å². The van der Waals surface area contributed by atoms with Crippen LogP contribution in [0.2, 0.25) is 0 Å². The molecule has 0 aromatic rings. The Kier molecular flexibility index (Phi) is 26.2. The zero-order valence-corrected chi connectivity index (χ0v) is 25.7. The largest absolute Gasteiger partial charge is 0.673 e. The third-order valence-corrected chi connectivity index (χ3v) is 11.7. The number of halogens is 25. The number of rotatable bonds is 3. The van der Waals surface area contributed by atoms with E-state index < -0.39 is 49.9 Å². The minimum atomic E-state index is -6.00. The number of hydrogen-bond acceptors (Lipinski definition) is 3. The van der Waals surface area contributed by atoms with Crippen molar-refractivity contribution in [1.29, 1.82) is 0 Å². The van der Waals surface area contributed by atoms with Crippen molar-refractivity contribution in [3.8, 4) is 0 Å². The van der Waals surface area contributed by atoms with Gasteiger partial charge in [-0.25, -0.2) is 0 Å². The highest BCUT2D eigenvalue weighted by molar-refractivity contribution is 9.41. The van der Waals surface area contributed by atoms with E-state index in [9.17, 15) is 104 Å². The van der Waals surface area contributed by atoms with Crippen molar-refractivity contribution in [2.24, 2.45) is 0 Å². The van der Waals surface area contributed by atoms with E-state index in [4.69, 9.17) is 0 Å². The summed E-state index contributed by atoms with van der Waals surface area (Å²) >= 11 is 4.25. The highest BCUT2D eigenvalue weighted by atomic mass is 79.9. The van der Waals surface area contributed by atoms with E-state index in [-0.39, 0.29) is 0 Å². The molecule has 0 unspecified atom stereocenters. The molecule has 0 aliphatic carbocycles. The fourth-order valence-corrected chi connectivity index (χ4v) is 9.70. The zero-order chi connectivity index (χ0) is 38.7. The third kappa shape index (κ3) is 58.1. The van der Waals surface area contributed by atoms with Gasteiger partial charge in [-0.05, 0) is 38.5 Å². The molecular weight excluding hydrogens is 818 g/mol. The molecule has 0 saturated carbocycles. The molecule has 290 valence electrons. The lowest BCUT2D eigenvalue weighted by Crippen LogP contribution is -2.39. The molecule has 3 aliphatic rings. The van der Waals surface area contributed by atoms with E-state index in [2.05, 4.69) is 29.5 Å². The van der Waals surface area contributed by atoms with E-state index >= 15 is 0 Å². The van der Waals surface area contributed by atoms with Gasteiger partial charge in [0.2, 0.25) is 15.5 Å². The van der Waals surface area contributed by atoms with Gasteiger partial charge >= 0.3 is 43.5 Å². The normalized spacial score (nSPS) is 18.3. The first kappa shape index (κ1) is 53.3. The van der Waals surface area contributed by atoms with Crippen LogP contribution in [0.3, 0.4) is 0 Å². The Hall–Kier alpha value is -0.500. The predicted octanol–water partition coefficient (Wildman–Crippen LogP) is 11.1. The molecule has 3 nitrogen and oxygen atoms in total. The first-order valence-corrected chi connectivity index (χ1v) is 16.1. The van der Waals surface area contributed by atoms with Gasteiger partial charge in [-0.15, -0.1) is 14.0 Å². The second-order valence-electron chi connectivity index (χ2n) is 8.45. The van der Waals surface area contributed by atoms with Gasteiger partial charge in [0.25, 0.3) is 6.42 Å². The Balaban J connectivity index is -0.000000259. The van der Waals surface area contributed by atoms with Gasteiger partial charge in [0, 0.05) is 39.3 Å². The van der Waals surface area contributed by atoms with Crippen molar-refractivity contribution in [3.63, 3.8) is 0 Å². The monoisotopic (exact) mass is 842 g/mol. The Morgan fingerprint density at radius 1 is 0.277 bits per heavy atom. The first-order valence-electron chi connectivity index (χ1n) is 12.4. The molecule has 0 bridgehead atoms. The van der Waals surface area contributed by atoms with Gasteiger partial charge in [-0.2, -0.15) is 0 Å². The van der Waals surface area contributed by atoms with Crippen molar-refractivity contribution < 1.29 is 104 Å². The Morgan fingerprint density at radius 3 is 0.447 bits per heavy atom. The van der Waals surface area contributed by atoms with Crippen LogP contribution in [0.4, 0.5) is 104 Å². The summed E-state index contributed by atoms with van der Waals surface area (Å²) in [6, 6.07) is 0. The average Bonchev–Trinajstić information content (AvgIpc) is 3.50. The van der Waals surface area contributed by atoms with Crippen LogP contribution >= 0.6 is 21.9 Å². The quantitative estimate of drug-likeness (QED) is 0.159. The fraction of sp³-hybridized carbons (Fsp3) is 1.00. The topological polar surface area (TPSA) is 9.72 Å². The molecule has 3 saturated heterocycles. The summed E-state index contributed by atoms with van der Waals surface area (Å²) in [5.41, 5.74) is 0. The molecule has 0 amide bonds. The van der Waals surface area contributed by atoms with Crippen molar-refractivity contribution in [2.75, 3.05) is 39.3 Å². The highest BCUT2D eigenvalue weighted by Gasteiger charge is 2.57. The predicted molar refractivity (Wildman–Crippen MR) is 139 cm³/mol. The summed E-state index contributed by atoms with van der Waals surface area (Å²) < 4.78 is 242. The standard InChI is InChI=1S/C12H24BrN3P.6BF4/c13-17(14-7-1-2-8-14,15-9-3-4-10-15)16-11-5-6-12-16;6*2-1(3,4)5/h1-12H2;;;;;;/q+1;6*-1. The molecule has 3 rings (SSSR count). The summed E-state index contributed by atoms with van der Waals surface area (Å²) in [5, 5.41) is 0. The van der Waals surface area contributed by atoms with Crippen LogP contribution in [-0.4, -0.2) is 96.8 Å². The second kappa shape index (κ2) is 23.1. The number of nitrogens with zero attached hydrogens (tertiary/aromatic N) is 3. The minimum absolute atomic E-state index is 1.30. The maximum Gasteiger partial charge on any atom is 0.673 e. The van der Waals surface area contributed by atoms with Crippen LogP contribution in [0.1, 0.15) is 38.5 Å². The second-order valence-corrected chi connectivity index (χ2v) is 14.0. The van der Waals surface area contributed by atoms with Gasteiger partial charge in [-0.1, -0.05) is 0 Å². The maximum absolute atomic E-state index is 9.75. The Labute approximate surface area is 261 Å². The molecule has 47 heavy (non-hydrogen) atoms. The molecule has 3 fully saturated rings. The van der Waals surface area contributed by atoms with Crippen LogP contribution < -0.4 is 0 Å². The van der Waals surface area contributed by atoms with E-state index in [0.717, 1.165) is 0 Å². The molecule has 0 radical (unpaired) electrons. The summed E-state index contributed by atoms with van der Waals surface area (Å²) in [6.07, 6.45) is 7.09. The van der Waals surface area contributed by atoms with Crippen LogP contribution in [0.15, 0.2) is 0 Å². The van der Waals surface area contributed by atoms with Crippen LogP contribution in [-0.2, 0) is 0 Å². The Morgan fingerprint density at radius 2 is 0.362 bits per heavy atom. The van der Waals surface area contributed by atoms with Crippen molar-refractivity contribution in [2.45, 2.75) is 38.5 Å². The Bertz CT molecular complexity index is 594. The van der Waals surface area contributed by atoms with E-state index in [1.807, 2.05) is 0 Å². The molecule has 0 atom stereocenters. The zero-order valence-electron chi connectivity index (χ0n) is 23.2. The van der Waals surface area contributed by atoms with Crippen molar-refractivity contribution >= 4 is 65.4 Å². The molecular formula is C12H24B6BrF24N3P-5. The third-order valence-electron chi connectivity index (χ3n) is 4.33. The minimum Gasteiger partial charge on any atom is -0.418 e. The molecule has 3 aliphatic heterocycles. The van der Waals surface area contributed by atoms with Crippen molar-refractivity contribution in [3.05, 3.63) is 0 Å². The summed E-state index contributed by atoms with van der Waals surface area (Å²) in [5.74, 6) is 0. The molecule has 0 spiro atoms. The average molecular weight is 842 g/mol. The van der Waals surface area contributed by atoms with Gasteiger partial charge in [-0.3, -0.25) is 0 Å². The molecule has 0 aromatic carbocycles. The van der Waals surface area contributed by atoms with E-state index in [0.29, 0.717) is 0 Å². The highest BCUT2D eigenvalue weighted by Crippen LogP contribution is 2.75. The lowest BCUT2D eigenvalue weighted by molar-refractivity contribution is 0.366. The van der Waals surface area contributed by atoms with Gasteiger partial charge in [0.1, 0.15) is 0 Å². The van der Waals surface area contributed by atoms with Gasteiger partial charge in [0.05, 0.1) is 0 Å². The molecule has 0 aromatic heterocycles. The summed E-state index contributed by atoms with van der Waals surface area (Å²) in [6.45, 7) is 7.87. The SMILES string of the molecule is Br[P+](N1CCCC1)(N1CCCC1)N1CCCC1.F[B-](F)(F)F.F[B-](F)(F)F.F[B-](F)(F)F.F[B-](F)(F)F.F[B-](F)(F)F.F[B-](F)(F)F. The van der Waals surface area contributed by atoms with Gasteiger partial charge < -0.3 is 104 Å². The molecule has 0 N–H and O–H groups in total. The van der Waals surface area contributed by atoms with Gasteiger partial charge in [0.15, 0.2) is 0 Å². The smallest absolute Gasteiger partial charge is 0.418 e. The first-order chi connectivity index (χ1) is 20.3. The molecule has 3 heterocycles. The maximum atomic E-state index is 9.75. The van der Waals surface area contributed by atoms with E-state index in [1.54, 1.807) is 0 Å². The number of hydrogen-bond donors (Lipinski definition) is 0. The van der Waals surface area contributed by atoms with Crippen molar-refractivity contribution in [1.82, 2.24) is 14.0 Å². The lowest BCUT2D eigenvalue weighted by Gasteiger charge is -2.38.